The molecule has 0 aliphatic carbocycles. The fourth-order valence-corrected chi connectivity index (χ4v) is 7.33. The fraction of sp³-hybridized carbons (Fsp3) is 0. The lowest BCUT2D eigenvalue weighted by atomic mass is 9.60. The molecule has 218 valence electrons. The first kappa shape index (κ1) is 40.8. The Labute approximate surface area is 360 Å². The monoisotopic (exact) mass is 688 g/mol. The molecule has 0 spiro atoms. The Hall–Kier alpha value is -3.99. The van der Waals surface area contributed by atoms with Crippen molar-refractivity contribution in [3.05, 3.63) is 0 Å². The van der Waals surface area contributed by atoms with E-state index in [1.165, 1.54) is 4.57 Å². The Morgan fingerprint density at radius 1 is 0.276 bits per heavy atom. The maximum Gasteiger partial charge on any atom is 0.238 e. The number of rotatable bonds is 3. The Morgan fingerprint density at radius 2 is 0.586 bits per heavy atom. The van der Waals surface area contributed by atoms with Crippen molar-refractivity contribution in [2.45, 2.75) is 0 Å². The van der Waals surface area contributed by atoms with E-state index in [0.29, 0.717) is 0 Å². The van der Waals surface area contributed by atoms with Crippen LogP contribution in [0.4, 0.5) is 0 Å². The first-order valence-corrected chi connectivity index (χ1v) is 16.7. The molecule has 58 heavy (non-hydrogen) atoms. The van der Waals surface area contributed by atoms with Crippen LogP contribution < -0.4 is 109 Å². The first-order chi connectivity index (χ1) is 27.1. The molecule has 0 bridgehead atoms. The Bertz CT molecular complexity index is 3100. The summed E-state index contributed by atoms with van der Waals surface area (Å²) in [6.07, 6.45) is 0. The molecule has 0 N–H and O–H groups in total. The zero-order valence-corrected chi connectivity index (χ0v) is 30.2. The summed E-state index contributed by atoms with van der Waals surface area (Å²) in [6, 6.07) is 0. The topological polar surface area (TPSA) is 56.7 Å². The third kappa shape index (κ3) is 5.29. The molecule has 5 nitrogen and oxygen atoms in total. The number of furan rings is 1. The third-order valence-electron chi connectivity index (χ3n) is 10.6. The van der Waals surface area contributed by atoms with Gasteiger partial charge in [-0.25, -0.2) is 4.98 Å². The average Bonchev–Trinajstić information content (AvgIpc) is 3.79. The quantitative estimate of drug-likeness (QED) is 0.174. The van der Waals surface area contributed by atoms with Crippen LogP contribution in [0.2, 0.25) is 0 Å². The largest absolute Gasteiger partial charge is 0.457 e. The highest BCUT2D eigenvalue weighted by Crippen LogP contribution is 2.33. The lowest BCUT2D eigenvalue weighted by Gasteiger charge is -2.23. The van der Waals surface area contributed by atoms with Crippen molar-refractivity contribution in [2.75, 3.05) is 0 Å². The molecule has 40 radical (unpaired) electrons. The van der Waals surface area contributed by atoms with Gasteiger partial charge in [0.1, 0.15) is 168 Å². The van der Waals surface area contributed by atoms with Gasteiger partial charge in [0.25, 0.3) is 0 Å². The number of hydrogen-bond acceptors (Lipinski definition) is 4. The second-order valence-corrected chi connectivity index (χ2v) is 13.6. The van der Waals surface area contributed by atoms with Crippen LogP contribution in [0.15, 0.2) is 4.42 Å². The molecule has 0 amide bonds. The van der Waals surface area contributed by atoms with Crippen LogP contribution in [0.5, 0.6) is 0 Å². The lowest BCUT2D eigenvalue weighted by molar-refractivity contribution is 0.675. The van der Waals surface area contributed by atoms with Crippen LogP contribution in [0.25, 0.3) is 72.5 Å². The molecule has 3 heterocycles. The van der Waals surface area contributed by atoms with Crippen molar-refractivity contribution in [1.82, 2.24) is 19.5 Å². The van der Waals surface area contributed by atoms with Gasteiger partial charge < -0.3 is 4.42 Å². The number of hydrogen-bond donors (Lipinski definition) is 0. The van der Waals surface area contributed by atoms with Crippen LogP contribution in [-0.2, 0) is 0 Å². The number of nitrogens with zero attached hydrogens (tertiary/aromatic N) is 4. The number of aromatic nitrogens is 4. The SMILES string of the molecule is [B]c1c([B])c([B])c(-c2nc(-c3c([B])c([B])c([B])c([B])c3[B])nc(-n3c4c([B])c([B])c([B])c([B])c4c4c([B])c5oc6c([B])c([B])c([B])c([B])c6c5c([B])c43)n2)c([B])c1[B]. The predicted molar refractivity (Wildman–Crippen MR) is 260 cm³/mol. The number of benzene rings is 5. The van der Waals surface area contributed by atoms with Gasteiger partial charge >= 0.3 is 0 Å². The third-order valence-corrected chi connectivity index (χ3v) is 10.6. The highest BCUT2D eigenvalue weighted by Gasteiger charge is 2.29. The van der Waals surface area contributed by atoms with Crippen molar-refractivity contribution in [3.8, 4) is 28.7 Å². The molecule has 5 aromatic carbocycles. The van der Waals surface area contributed by atoms with Crippen LogP contribution in [0.1, 0.15) is 0 Å². The predicted octanol–water partition coefficient (Wildman–Crippen LogP) is -15.9. The summed E-state index contributed by atoms with van der Waals surface area (Å²) in [4.78, 5) is 14.3. The van der Waals surface area contributed by atoms with Gasteiger partial charge in [-0.2, -0.15) is 9.97 Å². The highest BCUT2D eigenvalue weighted by molar-refractivity contribution is 6.73. The van der Waals surface area contributed by atoms with Gasteiger partial charge in [0, 0.05) is 32.8 Å². The molecule has 0 unspecified atom stereocenters. The van der Waals surface area contributed by atoms with E-state index in [0.717, 1.165) is 0 Å². The van der Waals surface area contributed by atoms with E-state index in [2.05, 4.69) is 4.98 Å². The van der Waals surface area contributed by atoms with E-state index in [4.69, 9.17) is 171 Å². The molecule has 0 atom stereocenters. The standard InChI is InChI=1S/C33B20N4O/c34-7-1-2-14(41)29-4(3-8(35)16(43)24(51)26(53)30(3)58-29)13(40)27(2)57(28(1)25(52)23(50)15(7)42)33-55-31(5-9(36)17(44)21(48)18(45)10(5)37)54-32(56-33)6-11(38)19(46)22(49)20(47)12(6)39. The normalized spacial score (nSPS) is 11.8. The highest BCUT2D eigenvalue weighted by atomic mass is 16.3. The summed E-state index contributed by atoms with van der Waals surface area (Å²) in [7, 11) is 129. The van der Waals surface area contributed by atoms with Crippen molar-refractivity contribution < 1.29 is 4.42 Å². The van der Waals surface area contributed by atoms with Gasteiger partial charge in [0.2, 0.25) is 5.95 Å². The minimum Gasteiger partial charge on any atom is -0.457 e. The Kier molecular flexibility index (Phi) is 9.69. The van der Waals surface area contributed by atoms with Crippen LogP contribution >= 0.6 is 0 Å². The van der Waals surface area contributed by atoms with Crippen molar-refractivity contribution in [2.24, 2.45) is 0 Å². The van der Waals surface area contributed by atoms with Gasteiger partial charge in [-0.05, 0) is 10.8 Å². The number of fused-ring (bicyclic) bond motifs is 6. The second-order valence-electron chi connectivity index (χ2n) is 13.6. The molecule has 8 aromatic rings. The molecule has 0 fully saturated rings. The van der Waals surface area contributed by atoms with Gasteiger partial charge in [0.15, 0.2) is 11.6 Å². The van der Waals surface area contributed by atoms with Crippen LogP contribution in [-0.4, -0.2) is 176 Å². The van der Waals surface area contributed by atoms with Gasteiger partial charge in [-0.3, -0.25) is 4.57 Å². The molecular weight excluding hydrogens is 685 g/mol. The van der Waals surface area contributed by atoms with Gasteiger partial charge in [0.05, 0.1) is 5.52 Å². The second kappa shape index (κ2) is 13.8. The van der Waals surface area contributed by atoms with Crippen LogP contribution in [0.3, 0.4) is 0 Å². The average molecular weight is 685 g/mol. The molecule has 0 saturated heterocycles. The summed E-state index contributed by atoms with van der Waals surface area (Å²) in [6.45, 7) is 0. The summed E-state index contributed by atoms with van der Waals surface area (Å²) in [5.74, 6) is -0.758. The lowest BCUT2D eigenvalue weighted by Crippen LogP contribution is -2.55. The molecule has 0 saturated carbocycles. The van der Waals surface area contributed by atoms with Crippen LogP contribution in [0, 0.1) is 0 Å². The zero-order valence-electron chi connectivity index (χ0n) is 30.2. The minimum absolute atomic E-state index is 0.000214. The molecular formula is C33B20N4O. The molecule has 0 aliphatic heterocycles. The summed E-state index contributed by atoms with van der Waals surface area (Å²) < 4.78 is 7.62. The fourth-order valence-electron chi connectivity index (χ4n) is 7.33. The van der Waals surface area contributed by atoms with Gasteiger partial charge in [-0.15, -0.1) is 54.6 Å². The van der Waals surface area contributed by atoms with E-state index in [-0.39, 0.29) is 182 Å². The van der Waals surface area contributed by atoms with E-state index < -0.39 is 0 Å². The maximum absolute atomic E-state index is 7.13. The van der Waals surface area contributed by atoms with Crippen molar-refractivity contribution in [3.63, 3.8) is 0 Å². The van der Waals surface area contributed by atoms with E-state index >= 15 is 0 Å². The molecule has 0 aliphatic rings. The van der Waals surface area contributed by atoms with Crippen molar-refractivity contribution >= 4 is 310 Å². The summed E-state index contributed by atoms with van der Waals surface area (Å²) in [5, 5.41) is 0.694. The Morgan fingerprint density at radius 3 is 1.05 bits per heavy atom. The molecule has 25 heteroatoms. The van der Waals surface area contributed by atoms with Gasteiger partial charge in [-0.1, -0.05) is 49.2 Å². The van der Waals surface area contributed by atoms with E-state index in [1.807, 2.05) is 0 Å². The molecule has 3 aromatic heterocycles. The van der Waals surface area contributed by atoms with E-state index in [1.54, 1.807) is 0 Å². The summed E-state index contributed by atoms with van der Waals surface area (Å²) >= 11 is 0. The van der Waals surface area contributed by atoms with E-state index in [9.17, 15) is 0 Å². The van der Waals surface area contributed by atoms with Crippen molar-refractivity contribution in [1.29, 1.82) is 0 Å². The summed E-state index contributed by atoms with van der Waals surface area (Å²) in [5.41, 5.74) is -1.55. The molecule has 8 rings (SSSR count). The maximum atomic E-state index is 7.13. The Balaban J connectivity index is 1.67. The zero-order chi connectivity index (χ0) is 42.5. The first-order valence-electron chi connectivity index (χ1n) is 16.7. The minimum atomic E-state index is -0.273. The smallest absolute Gasteiger partial charge is 0.238 e.